The van der Waals surface area contributed by atoms with Gasteiger partial charge in [-0.1, -0.05) is 24.3 Å². The molecule has 0 bridgehead atoms. The predicted molar refractivity (Wildman–Crippen MR) is 123 cm³/mol. The number of hydrogen-bond acceptors (Lipinski definition) is 6. The number of benzene rings is 3. The highest BCUT2D eigenvalue weighted by Crippen LogP contribution is 2.36. The zero-order chi connectivity index (χ0) is 22.0. The van der Waals surface area contributed by atoms with Gasteiger partial charge in [0.15, 0.2) is 10.7 Å². The Morgan fingerprint density at radius 3 is 2.65 bits per heavy atom. The SMILES string of the molecule is COc1ccccc1C(=O)NC(=S)Nc1cc(C)c(O)c(-c2nc3ccccc3o2)c1. The summed E-state index contributed by atoms with van der Waals surface area (Å²) in [6.07, 6.45) is 0. The minimum Gasteiger partial charge on any atom is -0.507 e. The summed E-state index contributed by atoms with van der Waals surface area (Å²) in [6, 6.07) is 17.6. The van der Waals surface area contributed by atoms with E-state index in [4.69, 9.17) is 21.4 Å². The minimum atomic E-state index is -0.398. The Balaban J connectivity index is 1.57. The van der Waals surface area contributed by atoms with Gasteiger partial charge < -0.3 is 19.6 Å². The lowest BCUT2D eigenvalue weighted by Crippen LogP contribution is -2.34. The molecule has 8 heteroatoms. The molecule has 0 saturated heterocycles. The Bertz CT molecular complexity index is 1270. The smallest absolute Gasteiger partial charge is 0.261 e. The normalized spacial score (nSPS) is 10.6. The molecule has 4 rings (SSSR count). The molecule has 0 unspecified atom stereocenters. The summed E-state index contributed by atoms with van der Waals surface area (Å²) in [6.45, 7) is 1.75. The van der Waals surface area contributed by atoms with Gasteiger partial charge in [0, 0.05) is 5.69 Å². The van der Waals surface area contributed by atoms with Crippen LogP contribution in [-0.2, 0) is 0 Å². The molecule has 0 aliphatic rings. The fourth-order valence-electron chi connectivity index (χ4n) is 3.17. The summed E-state index contributed by atoms with van der Waals surface area (Å²) in [5, 5.41) is 16.2. The van der Waals surface area contributed by atoms with Crippen molar-refractivity contribution in [1.82, 2.24) is 10.3 Å². The number of rotatable bonds is 4. The van der Waals surface area contributed by atoms with Crippen LogP contribution < -0.4 is 15.4 Å². The van der Waals surface area contributed by atoms with Gasteiger partial charge in [0.1, 0.15) is 17.0 Å². The second-order valence-electron chi connectivity index (χ2n) is 6.78. The molecule has 0 spiro atoms. The number of nitrogens with zero attached hydrogens (tertiary/aromatic N) is 1. The second-order valence-corrected chi connectivity index (χ2v) is 7.19. The third kappa shape index (κ3) is 4.19. The molecule has 4 aromatic rings. The number of carbonyl (C=O) groups excluding carboxylic acids is 1. The molecule has 0 radical (unpaired) electrons. The lowest BCUT2D eigenvalue weighted by atomic mass is 10.1. The van der Waals surface area contributed by atoms with Crippen molar-refractivity contribution in [2.45, 2.75) is 6.92 Å². The van der Waals surface area contributed by atoms with Crippen molar-refractivity contribution in [3.8, 4) is 23.0 Å². The molecule has 1 aromatic heterocycles. The topological polar surface area (TPSA) is 96.6 Å². The van der Waals surface area contributed by atoms with E-state index in [1.165, 1.54) is 7.11 Å². The highest BCUT2D eigenvalue weighted by atomic mass is 32.1. The number of aryl methyl sites for hydroxylation is 1. The fraction of sp³-hybridized carbons (Fsp3) is 0.0870. The molecule has 1 heterocycles. The Morgan fingerprint density at radius 2 is 1.87 bits per heavy atom. The number of para-hydroxylation sites is 3. The third-order valence-corrected chi connectivity index (χ3v) is 4.87. The molecule has 156 valence electrons. The van der Waals surface area contributed by atoms with Crippen molar-refractivity contribution in [1.29, 1.82) is 0 Å². The van der Waals surface area contributed by atoms with Gasteiger partial charge in [-0.2, -0.15) is 0 Å². The molecule has 7 nitrogen and oxygen atoms in total. The van der Waals surface area contributed by atoms with Crippen LogP contribution in [0.4, 0.5) is 5.69 Å². The van der Waals surface area contributed by atoms with Crippen molar-refractivity contribution in [2.75, 3.05) is 12.4 Å². The molecular formula is C23H19N3O4S. The second kappa shape index (κ2) is 8.45. The number of fused-ring (bicyclic) bond motifs is 1. The van der Waals surface area contributed by atoms with Crippen molar-refractivity contribution in [2.24, 2.45) is 0 Å². The van der Waals surface area contributed by atoms with Crippen molar-refractivity contribution in [3.05, 3.63) is 71.8 Å². The van der Waals surface area contributed by atoms with Crippen LogP contribution in [0.5, 0.6) is 11.5 Å². The largest absolute Gasteiger partial charge is 0.507 e. The molecule has 0 aliphatic carbocycles. The lowest BCUT2D eigenvalue weighted by Gasteiger charge is -2.13. The van der Waals surface area contributed by atoms with Gasteiger partial charge in [0.05, 0.1) is 18.2 Å². The molecule has 1 amide bonds. The molecule has 0 saturated carbocycles. The van der Waals surface area contributed by atoms with Gasteiger partial charge >= 0.3 is 0 Å². The van der Waals surface area contributed by atoms with Crippen molar-refractivity contribution < 1.29 is 19.1 Å². The predicted octanol–water partition coefficient (Wildman–Crippen LogP) is 4.64. The highest BCUT2D eigenvalue weighted by Gasteiger charge is 2.17. The quantitative estimate of drug-likeness (QED) is 0.319. The number of thiocarbonyl (C=S) groups is 1. The average Bonchev–Trinajstić information content (AvgIpc) is 3.20. The van der Waals surface area contributed by atoms with Crippen molar-refractivity contribution >= 4 is 40.0 Å². The van der Waals surface area contributed by atoms with Gasteiger partial charge in [-0.25, -0.2) is 4.98 Å². The van der Waals surface area contributed by atoms with E-state index in [-0.39, 0.29) is 16.8 Å². The molecule has 3 aromatic carbocycles. The first-order chi connectivity index (χ1) is 15.0. The van der Waals surface area contributed by atoms with Crippen LogP contribution in [0.2, 0.25) is 0 Å². The van der Waals surface area contributed by atoms with Crippen LogP contribution in [0.3, 0.4) is 0 Å². The summed E-state index contributed by atoms with van der Waals surface area (Å²) in [5.41, 5.74) is 3.25. The van der Waals surface area contributed by atoms with Gasteiger partial charge in [0.25, 0.3) is 5.91 Å². The molecule has 0 aliphatic heterocycles. The van der Waals surface area contributed by atoms with Crippen LogP contribution in [0.1, 0.15) is 15.9 Å². The summed E-state index contributed by atoms with van der Waals surface area (Å²) >= 11 is 5.29. The van der Waals surface area contributed by atoms with E-state index in [9.17, 15) is 9.90 Å². The Morgan fingerprint density at radius 1 is 1.13 bits per heavy atom. The number of phenolic OH excluding ortho intramolecular Hbond substituents is 1. The number of aromatic hydroxyl groups is 1. The molecule has 3 N–H and O–H groups in total. The number of aromatic nitrogens is 1. The number of anilines is 1. The van der Waals surface area contributed by atoms with Crippen LogP contribution in [0.15, 0.2) is 65.1 Å². The van der Waals surface area contributed by atoms with E-state index in [0.717, 1.165) is 0 Å². The van der Waals surface area contributed by atoms with Crippen LogP contribution in [0, 0.1) is 6.92 Å². The zero-order valence-corrected chi connectivity index (χ0v) is 17.6. The zero-order valence-electron chi connectivity index (χ0n) is 16.8. The molecule has 31 heavy (non-hydrogen) atoms. The third-order valence-electron chi connectivity index (χ3n) is 4.66. The first-order valence-corrected chi connectivity index (χ1v) is 9.82. The fourth-order valence-corrected chi connectivity index (χ4v) is 3.38. The maximum Gasteiger partial charge on any atom is 0.261 e. The average molecular weight is 433 g/mol. The number of phenols is 1. The molecule has 0 fully saturated rings. The van der Waals surface area contributed by atoms with E-state index in [1.54, 1.807) is 49.4 Å². The highest BCUT2D eigenvalue weighted by molar-refractivity contribution is 7.80. The van der Waals surface area contributed by atoms with E-state index in [1.807, 2.05) is 18.2 Å². The first-order valence-electron chi connectivity index (χ1n) is 9.41. The number of methoxy groups -OCH3 is 1. The van der Waals surface area contributed by atoms with Gasteiger partial charge in [-0.3, -0.25) is 10.1 Å². The van der Waals surface area contributed by atoms with Crippen LogP contribution >= 0.6 is 12.2 Å². The maximum atomic E-state index is 12.6. The van der Waals surface area contributed by atoms with Crippen molar-refractivity contribution in [3.63, 3.8) is 0 Å². The summed E-state index contributed by atoms with van der Waals surface area (Å²) in [5.74, 6) is 0.390. The lowest BCUT2D eigenvalue weighted by molar-refractivity contribution is 0.0975. The van der Waals surface area contributed by atoms with E-state index in [2.05, 4.69) is 15.6 Å². The van der Waals surface area contributed by atoms with E-state index in [0.29, 0.717) is 39.2 Å². The number of hydrogen-bond donors (Lipinski definition) is 3. The van der Waals surface area contributed by atoms with E-state index < -0.39 is 5.91 Å². The van der Waals surface area contributed by atoms with Crippen LogP contribution in [0.25, 0.3) is 22.6 Å². The Kier molecular flexibility index (Phi) is 5.55. The number of ether oxygens (including phenoxy) is 1. The van der Waals surface area contributed by atoms with Gasteiger partial charge in [0.2, 0.25) is 5.89 Å². The number of carbonyl (C=O) groups is 1. The maximum absolute atomic E-state index is 12.6. The summed E-state index contributed by atoms with van der Waals surface area (Å²) < 4.78 is 11.0. The van der Waals surface area contributed by atoms with Crippen LogP contribution in [-0.4, -0.2) is 28.2 Å². The summed E-state index contributed by atoms with van der Waals surface area (Å²) in [7, 11) is 1.50. The first kappa shape index (κ1) is 20.4. The summed E-state index contributed by atoms with van der Waals surface area (Å²) in [4.78, 5) is 17.0. The molecular weight excluding hydrogens is 414 g/mol. The van der Waals surface area contributed by atoms with Gasteiger partial charge in [-0.15, -0.1) is 0 Å². The monoisotopic (exact) mass is 433 g/mol. The van der Waals surface area contributed by atoms with E-state index >= 15 is 0 Å². The Hall–Kier alpha value is -3.91. The minimum absolute atomic E-state index is 0.0566. The number of oxazole rings is 1. The number of nitrogens with one attached hydrogen (secondary N) is 2. The molecule has 0 atom stereocenters. The number of amides is 1. The standard InChI is InChI=1S/C23H19N3O4S/c1-13-11-14(24-23(31)26-21(28)15-7-3-5-9-18(15)29-2)12-16(20(13)27)22-25-17-8-4-6-10-19(17)30-22/h3-12,27H,1-2H3,(H2,24,26,28,31). The Labute approximate surface area is 183 Å². The van der Waals surface area contributed by atoms with Gasteiger partial charge in [-0.05, 0) is 61.1 Å².